The Kier molecular flexibility index (Phi) is 3.69. The monoisotopic (exact) mass is 198 g/mol. The number of carbonyl (C=O) groups is 1. The number of rotatable bonds is 5. The number of ether oxygens (including phenoxy) is 2. The lowest BCUT2D eigenvalue weighted by atomic mass is 10.0. The quantitative estimate of drug-likeness (QED) is 0.385. The first-order chi connectivity index (χ1) is 6.62. The number of carbonyl (C=O) groups excluding carboxylic acids is 1. The predicted octanol–water partition coefficient (Wildman–Crippen LogP) is 2.06. The summed E-state index contributed by atoms with van der Waals surface area (Å²) in [5.41, 5.74) is -0.0439. The molecule has 2 atom stereocenters. The second-order valence-electron chi connectivity index (χ2n) is 3.71. The van der Waals surface area contributed by atoms with Crippen LogP contribution in [0.5, 0.6) is 0 Å². The zero-order valence-corrected chi connectivity index (χ0v) is 9.08. The highest BCUT2D eigenvalue weighted by Crippen LogP contribution is 2.40. The van der Waals surface area contributed by atoms with E-state index in [2.05, 4.69) is 13.8 Å². The van der Waals surface area contributed by atoms with E-state index in [9.17, 15) is 4.79 Å². The van der Waals surface area contributed by atoms with E-state index < -0.39 is 0 Å². The van der Waals surface area contributed by atoms with E-state index >= 15 is 0 Å². The van der Waals surface area contributed by atoms with Crippen LogP contribution in [0.15, 0.2) is 12.2 Å². The van der Waals surface area contributed by atoms with Gasteiger partial charge >= 0.3 is 5.97 Å². The van der Waals surface area contributed by atoms with Crippen molar-refractivity contribution < 1.29 is 14.3 Å². The average Bonchev–Trinajstić information content (AvgIpc) is 2.75. The van der Waals surface area contributed by atoms with Crippen molar-refractivity contribution in [2.45, 2.75) is 45.3 Å². The summed E-state index contributed by atoms with van der Waals surface area (Å²) in [4.78, 5) is 11.0. The van der Waals surface area contributed by atoms with Crippen molar-refractivity contribution in [3.8, 4) is 0 Å². The van der Waals surface area contributed by atoms with Crippen LogP contribution in [0.25, 0.3) is 0 Å². The molecule has 1 saturated heterocycles. The molecule has 0 spiro atoms. The molecule has 0 saturated carbocycles. The highest BCUT2D eigenvalue weighted by molar-refractivity contribution is 5.82. The first kappa shape index (κ1) is 11.2. The van der Waals surface area contributed by atoms with Crippen LogP contribution in [0.3, 0.4) is 0 Å². The van der Waals surface area contributed by atoms with Crippen LogP contribution in [-0.2, 0) is 14.3 Å². The summed E-state index contributed by atoms with van der Waals surface area (Å²) < 4.78 is 10.2. The van der Waals surface area contributed by atoms with Crippen LogP contribution >= 0.6 is 0 Å². The molecule has 0 amide bonds. The van der Waals surface area contributed by atoms with E-state index in [0.717, 1.165) is 12.8 Å². The molecule has 0 aromatic carbocycles. The largest absolute Gasteiger partial charge is 0.463 e. The van der Waals surface area contributed by atoms with E-state index in [1.807, 2.05) is 0 Å². The van der Waals surface area contributed by atoms with Crippen LogP contribution in [0, 0.1) is 0 Å². The topological polar surface area (TPSA) is 38.8 Å². The van der Waals surface area contributed by atoms with Gasteiger partial charge in [-0.3, -0.25) is 0 Å². The second-order valence-corrected chi connectivity index (χ2v) is 3.71. The van der Waals surface area contributed by atoms with Gasteiger partial charge in [-0.15, -0.1) is 0 Å². The molecule has 0 unspecified atom stereocenters. The average molecular weight is 198 g/mol. The Bertz CT molecular complexity index is 235. The smallest absolute Gasteiger partial charge is 0.330 e. The molecular weight excluding hydrogens is 180 g/mol. The maximum atomic E-state index is 11.0. The maximum absolute atomic E-state index is 11.0. The summed E-state index contributed by atoms with van der Waals surface area (Å²) in [5, 5.41) is 0. The van der Waals surface area contributed by atoms with E-state index in [1.54, 1.807) is 13.0 Å². The van der Waals surface area contributed by atoms with Gasteiger partial charge in [-0.1, -0.05) is 13.3 Å². The Balaban J connectivity index is 2.30. The van der Waals surface area contributed by atoms with Gasteiger partial charge in [-0.2, -0.15) is 0 Å². The molecule has 0 radical (unpaired) electrons. The SMILES string of the molecule is CCC[C@@]1(C)O[C@@H]1/C=C/C(=O)OCC. The van der Waals surface area contributed by atoms with Gasteiger partial charge in [0.2, 0.25) is 0 Å². The van der Waals surface area contributed by atoms with Gasteiger partial charge in [0.25, 0.3) is 0 Å². The lowest BCUT2D eigenvalue weighted by Crippen LogP contribution is -2.08. The Labute approximate surface area is 85.1 Å². The predicted molar refractivity (Wildman–Crippen MR) is 54.0 cm³/mol. The van der Waals surface area contributed by atoms with Crippen LogP contribution < -0.4 is 0 Å². The first-order valence-corrected chi connectivity index (χ1v) is 5.15. The van der Waals surface area contributed by atoms with Gasteiger partial charge in [-0.05, 0) is 26.3 Å². The molecule has 3 heteroatoms. The van der Waals surface area contributed by atoms with Crippen LogP contribution in [-0.4, -0.2) is 24.3 Å². The Hall–Kier alpha value is -0.830. The minimum Gasteiger partial charge on any atom is -0.463 e. The Morgan fingerprint density at radius 1 is 1.57 bits per heavy atom. The highest BCUT2D eigenvalue weighted by Gasteiger charge is 2.49. The standard InChI is InChI=1S/C11H18O3/c1-4-8-11(3)9(14-11)6-7-10(12)13-5-2/h6-7,9H,4-5,8H2,1-3H3/b7-6+/t9-,11-/m1/s1. The van der Waals surface area contributed by atoms with E-state index in [-0.39, 0.29) is 17.7 Å². The van der Waals surface area contributed by atoms with Gasteiger partial charge in [0, 0.05) is 6.08 Å². The van der Waals surface area contributed by atoms with Gasteiger partial charge in [0.05, 0.1) is 12.2 Å². The minimum atomic E-state index is -0.290. The summed E-state index contributed by atoms with van der Waals surface area (Å²) in [5.74, 6) is -0.290. The Morgan fingerprint density at radius 2 is 2.29 bits per heavy atom. The fraction of sp³-hybridized carbons (Fsp3) is 0.727. The van der Waals surface area contributed by atoms with Crippen molar-refractivity contribution in [1.29, 1.82) is 0 Å². The summed E-state index contributed by atoms with van der Waals surface area (Å²) in [7, 11) is 0. The van der Waals surface area contributed by atoms with E-state index in [4.69, 9.17) is 9.47 Å². The Morgan fingerprint density at radius 3 is 2.86 bits per heavy atom. The number of esters is 1. The lowest BCUT2D eigenvalue weighted by molar-refractivity contribution is -0.137. The molecule has 0 N–H and O–H groups in total. The van der Waals surface area contributed by atoms with Crippen molar-refractivity contribution in [3.63, 3.8) is 0 Å². The van der Waals surface area contributed by atoms with Gasteiger partial charge in [0.15, 0.2) is 0 Å². The normalized spacial score (nSPS) is 30.6. The molecular formula is C11H18O3. The van der Waals surface area contributed by atoms with Crippen molar-refractivity contribution in [1.82, 2.24) is 0 Å². The van der Waals surface area contributed by atoms with Crippen molar-refractivity contribution in [2.75, 3.05) is 6.61 Å². The van der Waals surface area contributed by atoms with Gasteiger partial charge < -0.3 is 9.47 Å². The van der Waals surface area contributed by atoms with Gasteiger partial charge in [-0.25, -0.2) is 4.79 Å². The van der Waals surface area contributed by atoms with E-state index in [1.165, 1.54) is 6.08 Å². The molecule has 1 aliphatic rings. The number of hydrogen-bond donors (Lipinski definition) is 0. The van der Waals surface area contributed by atoms with Gasteiger partial charge in [0.1, 0.15) is 6.10 Å². The summed E-state index contributed by atoms with van der Waals surface area (Å²) in [6.07, 6.45) is 5.46. The van der Waals surface area contributed by atoms with Crippen LogP contribution in [0.4, 0.5) is 0 Å². The molecule has 0 aromatic rings. The third kappa shape index (κ3) is 2.84. The van der Waals surface area contributed by atoms with Crippen molar-refractivity contribution >= 4 is 5.97 Å². The molecule has 0 aromatic heterocycles. The molecule has 14 heavy (non-hydrogen) atoms. The molecule has 1 aliphatic heterocycles. The molecule has 3 nitrogen and oxygen atoms in total. The molecule has 1 rings (SSSR count). The molecule has 0 aliphatic carbocycles. The lowest BCUT2D eigenvalue weighted by Gasteiger charge is -2.00. The van der Waals surface area contributed by atoms with Crippen LogP contribution in [0.2, 0.25) is 0 Å². The van der Waals surface area contributed by atoms with Crippen molar-refractivity contribution in [3.05, 3.63) is 12.2 Å². The third-order valence-corrected chi connectivity index (χ3v) is 2.38. The minimum absolute atomic E-state index is 0.0439. The molecule has 1 heterocycles. The number of hydrogen-bond acceptors (Lipinski definition) is 3. The van der Waals surface area contributed by atoms with E-state index in [0.29, 0.717) is 6.61 Å². The summed E-state index contributed by atoms with van der Waals surface area (Å²) >= 11 is 0. The number of epoxide rings is 1. The fourth-order valence-electron chi connectivity index (χ4n) is 1.55. The first-order valence-electron chi connectivity index (χ1n) is 5.15. The zero-order valence-electron chi connectivity index (χ0n) is 9.08. The molecule has 1 fully saturated rings. The van der Waals surface area contributed by atoms with Crippen molar-refractivity contribution in [2.24, 2.45) is 0 Å². The summed E-state index contributed by atoms with van der Waals surface area (Å²) in [6.45, 7) is 6.40. The fourth-order valence-corrected chi connectivity index (χ4v) is 1.55. The van der Waals surface area contributed by atoms with Crippen LogP contribution in [0.1, 0.15) is 33.6 Å². The maximum Gasteiger partial charge on any atom is 0.330 e. The summed E-state index contributed by atoms with van der Waals surface area (Å²) in [6, 6.07) is 0. The highest BCUT2D eigenvalue weighted by atomic mass is 16.6. The molecule has 80 valence electrons. The second kappa shape index (κ2) is 4.60. The molecule has 0 bridgehead atoms. The third-order valence-electron chi connectivity index (χ3n) is 2.38. The zero-order chi connectivity index (χ0) is 10.6.